The molecule has 0 fully saturated rings. The first-order chi connectivity index (χ1) is 13.9. The number of hydrogen-bond donors (Lipinski definition) is 0. The molecule has 1 heterocycles. The van der Waals surface area contributed by atoms with Crippen LogP contribution >= 0.6 is 0 Å². The average molecular weight is 396 g/mol. The number of fused-ring (bicyclic) bond motifs is 1. The van der Waals surface area contributed by atoms with E-state index in [0.717, 1.165) is 0 Å². The van der Waals surface area contributed by atoms with E-state index in [-0.39, 0.29) is 28.0 Å². The fourth-order valence-electron chi connectivity index (χ4n) is 3.03. The molecule has 8 heteroatoms. The Morgan fingerprint density at radius 1 is 1.07 bits per heavy atom. The summed E-state index contributed by atoms with van der Waals surface area (Å²) in [6.07, 6.45) is 2.56. The zero-order valence-electron chi connectivity index (χ0n) is 16.5. The van der Waals surface area contributed by atoms with Gasteiger partial charge in [-0.1, -0.05) is 12.1 Å². The quantitative estimate of drug-likeness (QED) is 0.361. The maximum Gasteiger partial charge on any atom is 0.286 e. The molecule has 2 aromatic carbocycles. The summed E-state index contributed by atoms with van der Waals surface area (Å²) in [7, 11) is 4.37. The molecule has 0 unspecified atom stereocenters. The van der Waals surface area contributed by atoms with Gasteiger partial charge in [0.2, 0.25) is 5.75 Å². The van der Waals surface area contributed by atoms with E-state index in [1.54, 1.807) is 24.3 Å². The Bertz CT molecular complexity index is 1150. The summed E-state index contributed by atoms with van der Waals surface area (Å²) < 4.78 is 17.1. The smallest absolute Gasteiger partial charge is 0.286 e. The predicted molar refractivity (Wildman–Crippen MR) is 108 cm³/mol. The summed E-state index contributed by atoms with van der Waals surface area (Å²) >= 11 is 0. The molecule has 0 bridgehead atoms. The van der Waals surface area contributed by atoms with Gasteiger partial charge in [0.15, 0.2) is 17.3 Å². The van der Waals surface area contributed by atoms with Crippen LogP contribution in [0.3, 0.4) is 0 Å². The number of allylic oxidation sites excluding steroid dienone is 1. The van der Waals surface area contributed by atoms with Crippen molar-refractivity contribution < 1.29 is 23.4 Å². The first-order valence-electron chi connectivity index (χ1n) is 8.69. The minimum absolute atomic E-state index is 0.0829. The van der Waals surface area contributed by atoms with Crippen LogP contribution in [-0.2, 0) is 0 Å². The Hall–Kier alpha value is -3.81. The van der Waals surface area contributed by atoms with E-state index in [2.05, 4.69) is 0 Å². The fraction of sp³-hybridized carbons (Fsp3) is 0.190. The van der Waals surface area contributed by atoms with Crippen LogP contribution in [-0.4, -0.2) is 31.8 Å². The van der Waals surface area contributed by atoms with Gasteiger partial charge in [0.1, 0.15) is 5.52 Å². The molecule has 0 N–H and O–H groups in total. The van der Waals surface area contributed by atoms with E-state index < -0.39 is 5.78 Å². The Balaban J connectivity index is 2.05. The van der Waals surface area contributed by atoms with E-state index in [1.807, 2.05) is 0 Å². The molecule has 29 heavy (non-hydrogen) atoms. The largest absolute Gasteiger partial charge is 0.805 e. The van der Waals surface area contributed by atoms with Crippen molar-refractivity contribution in [3.8, 4) is 17.2 Å². The first-order valence-corrected chi connectivity index (χ1v) is 8.69. The van der Waals surface area contributed by atoms with Crippen molar-refractivity contribution in [2.75, 3.05) is 21.3 Å². The van der Waals surface area contributed by atoms with E-state index in [0.29, 0.717) is 26.4 Å². The second kappa shape index (κ2) is 8.05. The third kappa shape index (κ3) is 3.52. The molecule has 0 spiro atoms. The topological polar surface area (TPSA) is 95.7 Å². The van der Waals surface area contributed by atoms with Crippen molar-refractivity contribution in [2.45, 2.75) is 6.92 Å². The number of ether oxygens (including phenoxy) is 3. The molecule has 3 rings (SSSR count). The highest BCUT2D eigenvalue weighted by atomic mass is 16.5. The Morgan fingerprint density at radius 3 is 2.28 bits per heavy atom. The molecule has 0 saturated carbocycles. The molecule has 0 aliphatic heterocycles. The molecule has 0 saturated heterocycles. The number of carbonyl (C=O) groups excluding carboxylic acids is 1. The molecule has 0 aliphatic rings. The van der Waals surface area contributed by atoms with Gasteiger partial charge < -0.3 is 24.1 Å². The summed E-state index contributed by atoms with van der Waals surface area (Å²) in [5.74, 6) is 0.642. The van der Waals surface area contributed by atoms with Crippen LogP contribution in [0.1, 0.15) is 21.7 Å². The number of benzene rings is 2. The standard InChI is InChI=1S/C21H20N2O6/c1-13-15(23(26)17-8-6-5-7-16(17)22(13)25)9-10-18(24)14-11-19(27-2)21(29-4)20(12-14)28-3/h5-12H,1-4H3/b10-9+. The Morgan fingerprint density at radius 2 is 1.69 bits per heavy atom. The highest BCUT2D eigenvalue weighted by Gasteiger charge is 2.19. The number of nitrogens with zero attached hydrogens (tertiary/aromatic N) is 2. The molecule has 3 aromatic rings. The zero-order chi connectivity index (χ0) is 21.1. The van der Waals surface area contributed by atoms with Crippen molar-refractivity contribution >= 4 is 22.9 Å². The highest BCUT2D eigenvalue weighted by molar-refractivity contribution is 6.07. The maximum absolute atomic E-state index is 12.7. The maximum atomic E-state index is 12.7. The lowest BCUT2D eigenvalue weighted by Crippen LogP contribution is -2.24. The van der Waals surface area contributed by atoms with Crippen molar-refractivity contribution in [2.24, 2.45) is 0 Å². The number of methoxy groups -OCH3 is 3. The summed E-state index contributed by atoms with van der Waals surface area (Å²) in [6.45, 7) is 1.53. The van der Waals surface area contributed by atoms with Crippen LogP contribution < -0.4 is 18.6 Å². The third-order valence-corrected chi connectivity index (χ3v) is 4.56. The van der Waals surface area contributed by atoms with Gasteiger partial charge in [-0.3, -0.25) is 4.79 Å². The molecular formula is C21H20N2O6. The predicted octanol–water partition coefficient (Wildman–Crippen LogP) is 3.13. The van der Waals surface area contributed by atoms with Gasteiger partial charge >= 0.3 is 0 Å². The van der Waals surface area contributed by atoms with Crippen LogP contribution in [0, 0.1) is 17.0 Å². The summed E-state index contributed by atoms with van der Waals surface area (Å²) in [5.41, 5.74) is 1.02. The van der Waals surface area contributed by atoms with Gasteiger partial charge in [-0.15, -0.1) is 0 Å². The lowest BCUT2D eigenvalue weighted by Gasteiger charge is -2.15. The van der Waals surface area contributed by atoms with Crippen molar-refractivity contribution in [1.82, 2.24) is 4.73 Å². The molecule has 0 amide bonds. The molecule has 0 radical (unpaired) electrons. The van der Waals surface area contributed by atoms with Crippen molar-refractivity contribution in [3.05, 3.63) is 69.5 Å². The van der Waals surface area contributed by atoms with Crippen molar-refractivity contribution in [3.63, 3.8) is 0 Å². The normalized spacial score (nSPS) is 11.0. The van der Waals surface area contributed by atoms with E-state index >= 15 is 0 Å². The SMILES string of the molecule is COc1cc(C(=O)/C=C/c2c(C)n([O-])c3ccccc3[n+]2=O)cc(OC)c1OC. The summed E-state index contributed by atoms with van der Waals surface area (Å²) in [4.78, 5) is 25.4. The Kier molecular flexibility index (Phi) is 5.54. The number of para-hydroxylation sites is 2. The van der Waals surface area contributed by atoms with Crippen LogP contribution in [0.2, 0.25) is 0 Å². The molecule has 150 valence electrons. The van der Waals surface area contributed by atoms with Gasteiger partial charge in [-0.05, 0) is 31.2 Å². The first kappa shape index (κ1) is 19.9. The molecule has 0 atom stereocenters. The van der Waals surface area contributed by atoms with Crippen LogP contribution in [0.15, 0.2) is 42.5 Å². The number of rotatable bonds is 6. The van der Waals surface area contributed by atoms with Gasteiger partial charge in [0, 0.05) is 22.6 Å². The summed E-state index contributed by atoms with van der Waals surface area (Å²) in [6, 6.07) is 9.49. The molecule has 1 aromatic heterocycles. The van der Waals surface area contributed by atoms with Gasteiger partial charge in [0.25, 0.3) is 11.2 Å². The summed E-state index contributed by atoms with van der Waals surface area (Å²) in [5, 5.41) is 12.5. The lowest BCUT2D eigenvalue weighted by atomic mass is 10.1. The van der Waals surface area contributed by atoms with Gasteiger partial charge in [-0.25, -0.2) is 0 Å². The monoisotopic (exact) mass is 396 g/mol. The minimum atomic E-state index is -0.394. The molecule has 8 nitrogen and oxygen atoms in total. The van der Waals surface area contributed by atoms with Gasteiger partial charge in [-0.2, -0.15) is 0 Å². The number of carbonyl (C=O) groups is 1. The number of hydrogen-bond acceptors (Lipinski definition) is 6. The van der Waals surface area contributed by atoms with Crippen LogP contribution in [0.25, 0.3) is 17.1 Å². The molecule has 0 aliphatic carbocycles. The van der Waals surface area contributed by atoms with E-state index in [1.165, 1.54) is 52.5 Å². The minimum Gasteiger partial charge on any atom is -0.805 e. The Labute approximate surface area is 166 Å². The second-order valence-electron chi connectivity index (χ2n) is 6.16. The van der Waals surface area contributed by atoms with Crippen LogP contribution in [0.4, 0.5) is 0 Å². The fourth-order valence-corrected chi connectivity index (χ4v) is 3.03. The van der Waals surface area contributed by atoms with E-state index in [4.69, 9.17) is 14.2 Å². The zero-order valence-corrected chi connectivity index (χ0v) is 16.5. The highest BCUT2D eigenvalue weighted by Crippen LogP contribution is 2.38. The van der Waals surface area contributed by atoms with Crippen molar-refractivity contribution in [1.29, 1.82) is 0 Å². The van der Waals surface area contributed by atoms with Crippen LogP contribution in [0.5, 0.6) is 17.2 Å². The number of ketones is 1. The second-order valence-corrected chi connectivity index (χ2v) is 6.16. The van der Waals surface area contributed by atoms with Gasteiger partial charge in [0.05, 0.1) is 31.5 Å². The lowest BCUT2D eigenvalue weighted by molar-refractivity contribution is -0.467. The molecular weight excluding hydrogens is 376 g/mol. The average Bonchev–Trinajstić information content (AvgIpc) is 2.76. The third-order valence-electron chi connectivity index (χ3n) is 4.56. The van der Waals surface area contributed by atoms with E-state index in [9.17, 15) is 14.9 Å². The number of aromatic nitrogens is 2.